The largest absolute Gasteiger partial charge is 0.370 e. The molecule has 0 radical (unpaired) electrons. The zero-order valence-corrected chi connectivity index (χ0v) is 12.3. The lowest BCUT2D eigenvalue weighted by Gasteiger charge is -2.27. The average Bonchev–Trinajstić information content (AvgIpc) is 2.43. The number of nitrogens with one attached hydrogen (secondary N) is 2. The van der Waals surface area contributed by atoms with E-state index in [-0.39, 0.29) is 0 Å². The molecule has 19 heavy (non-hydrogen) atoms. The smallest absolute Gasteiger partial charge is 0.128 e. The first-order chi connectivity index (χ1) is 9.28. The van der Waals surface area contributed by atoms with Crippen molar-refractivity contribution in [2.75, 3.05) is 23.7 Å². The SMILES string of the molecule is CCCNc1cccc(NCC2CCCC(C)C2)n1. The van der Waals surface area contributed by atoms with Gasteiger partial charge in [-0.25, -0.2) is 4.98 Å². The van der Waals surface area contributed by atoms with Gasteiger partial charge in [-0.05, 0) is 43.2 Å². The minimum absolute atomic E-state index is 0.817. The number of aromatic nitrogens is 1. The van der Waals surface area contributed by atoms with Crippen LogP contribution in [0.15, 0.2) is 18.2 Å². The quantitative estimate of drug-likeness (QED) is 0.808. The maximum Gasteiger partial charge on any atom is 0.128 e. The normalized spacial score (nSPS) is 23.1. The highest BCUT2D eigenvalue weighted by molar-refractivity contribution is 5.45. The number of anilines is 2. The fraction of sp³-hybridized carbons (Fsp3) is 0.688. The molecule has 2 atom stereocenters. The Balaban J connectivity index is 1.81. The van der Waals surface area contributed by atoms with Gasteiger partial charge in [-0.1, -0.05) is 32.8 Å². The molecule has 106 valence electrons. The van der Waals surface area contributed by atoms with E-state index in [1.807, 2.05) is 6.07 Å². The van der Waals surface area contributed by atoms with Crippen LogP contribution in [0, 0.1) is 11.8 Å². The second kappa shape index (κ2) is 7.37. The minimum Gasteiger partial charge on any atom is -0.370 e. The van der Waals surface area contributed by atoms with Crippen molar-refractivity contribution < 1.29 is 0 Å². The molecule has 3 heteroatoms. The van der Waals surface area contributed by atoms with Crippen molar-refractivity contribution in [1.82, 2.24) is 4.98 Å². The molecule has 3 nitrogen and oxygen atoms in total. The number of pyridine rings is 1. The Kier molecular flexibility index (Phi) is 5.49. The van der Waals surface area contributed by atoms with E-state index in [2.05, 4.69) is 41.6 Å². The van der Waals surface area contributed by atoms with Crippen LogP contribution in [0.3, 0.4) is 0 Å². The molecule has 2 rings (SSSR count). The Hall–Kier alpha value is -1.25. The molecule has 1 fully saturated rings. The fourth-order valence-corrected chi connectivity index (χ4v) is 2.88. The summed E-state index contributed by atoms with van der Waals surface area (Å²) in [4.78, 5) is 4.59. The minimum atomic E-state index is 0.817. The third-order valence-electron chi connectivity index (χ3n) is 3.92. The van der Waals surface area contributed by atoms with Crippen molar-refractivity contribution in [1.29, 1.82) is 0 Å². The van der Waals surface area contributed by atoms with Gasteiger partial charge in [-0.2, -0.15) is 0 Å². The van der Waals surface area contributed by atoms with Crippen molar-refractivity contribution in [2.24, 2.45) is 11.8 Å². The van der Waals surface area contributed by atoms with Crippen LogP contribution in [0.4, 0.5) is 11.6 Å². The third-order valence-corrected chi connectivity index (χ3v) is 3.92. The van der Waals surface area contributed by atoms with Gasteiger partial charge in [0.25, 0.3) is 0 Å². The van der Waals surface area contributed by atoms with Gasteiger partial charge in [-0.15, -0.1) is 0 Å². The van der Waals surface area contributed by atoms with Crippen LogP contribution in [0.1, 0.15) is 46.0 Å². The van der Waals surface area contributed by atoms with Gasteiger partial charge in [0.2, 0.25) is 0 Å². The lowest BCUT2D eigenvalue weighted by molar-refractivity contribution is 0.293. The van der Waals surface area contributed by atoms with E-state index in [0.717, 1.165) is 43.0 Å². The summed E-state index contributed by atoms with van der Waals surface area (Å²) in [6, 6.07) is 6.16. The fourth-order valence-electron chi connectivity index (χ4n) is 2.88. The molecule has 0 spiro atoms. The molecule has 0 aromatic carbocycles. The third kappa shape index (κ3) is 4.73. The van der Waals surface area contributed by atoms with Crippen LogP contribution < -0.4 is 10.6 Å². The second-order valence-electron chi connectivity index (χ2n) is 5.85. The Labute approximate surface area is 117 Å². The van der Waals surface area contributed by atoms with Gasteiger partial charge in [0, 0.05) is 13.1 Å². The molecule has 0 aliphatic heterocycles. The maximum absolute atomic E-state index is 4.59. The number of hydrogen-bond donors (Lipinski definition) is 2. The lowest BCUT2D eigenvalue weighted by atomic mass is 9.82. The van der Waals surface area contributed by atoms with E-state index >= 15 is 0 Å². The zero-order chi connectivity index (χ0) is 13.5. The zero-order valence-electron chi connectivity index (χ0n) is 12.3. The standard InChI is InChI=1S/C16H27N3/c1-3-10-17-15-8-5-9-16(19-15)18-12-14-7-4-6-13(2)11-14/h5,8-9,13-14H,3-4,6-7,10-12H2,1-2H3,(H2,17,18,19). The van der Waals surface area contributed by atoms with Crippen molar-refractivity contribution in [2.45, 2.75) is 46.0 Å². The second-order valence-corrected chi connectivity index (χ2v) is 5.85. The van der Waals surface area contributed by atoms with Crippen LogP contribution in [-0.2, 0) is 0 Å². The van der Waals surface area contributed by atoms with Crippen LogP contribution >= 0.6 is 0 Å². The van der Waals surface area contributed by atoms with Gasteiger partial charge in [0.05, 0.1) is 0 Å². The first-order valence-corrected chi connectivity index (χ1v) is 7.72. The highest BCUT2D eigenvalue weighted by Gasteiger charge is 2.18. The lowest BCUT2D eigenvalue weighted by Crippen LogP contribution is -2.21. The molecule has 1 aromatic rings. The molecule has 1 aromatic heterocycles. The molecule has 0 saturated heterocycles. The van der Waals surface area contributed by atoms with Crippen LogP contribution in [0.2, 0.25) is 0 Å². The molecular weight excluding hydrogens is 234 g/mol. The number of rotatable bonds is 6. The van der Waals surface area contributed by atoms with Crippen molar-refractivity contribution >= 4 is 11.6 Å². The van der Waals surface area contributed by atoms with Crippen molar-refractivity contribution in [3.63, 3.8) is 0 Å². The summed E-state index contributed by atoms with van der Waals surface area (Å²) in [5.74, 6) is 3.69. The van der Waals surface area contributed by atoms with Gasteiger partial charge < -0.3 is 10.6 Å². The number of nitrogens with zero attached hydrogens (tertiary/aromatic N) is 1. The molecule has 1 aliphatic carbocycles. The van der Waals surface area contributed by atoms with E-state index in [1.165, 1.54) is 25.7 Å². The summed E-state index contributed by atoms with van der Waals surface area (Å²) < 4.78 is 0. The average molecular weight is 261 g/mol. The highest BCUT2D eigenvalue weighted by atomic mass is 15.1. The van der Waals surface area contributed by atoms with Gasteiger partial charge in [0.15, 0.2) is 0 Å². The van der Waals surface area contributed by atoms with Crippen molar-refractivity contribution in [3.8, 4) is 0 Å². The highest BCUT2D eigenvalue weighted by Crippen LogP contribution is 2.28. The summed E-state index contributed by atoms with van der Waals surface area (Å²) in [6.07, 6.45) is 6.65. The van der Waals surface area contributed by atoms with Crippen LogP contribution in [0.5, 0.6) is 0 Å². The molecule has 1 aliphatic rings. The summed E-state index contributed by atoms with van der Waals surface area (Å²) in [5.41, 5.74) is 0. The predicted octanol–water partition coefficient (Wildman–Crippen LogP) is 4.14. The molecular formula is C16H27N3. The topological polar surface area (TPSA) is 37.0 Å². The van der Waals surface area contributed by atoms with E-state index in [9.17, 15) is 0 Å². The molecule has 1 saturated carbocycles. The molecule has 2 unspecified atom stereocenters. The monoisotopic (exact) mass is 261 g/mol. The van der Waals surface area contributed by atoms with Gasteiger partial charge in [0.1, 0.15) is 11.6 Å². The summed E-state index contributed by atoms with van der Waals surface area (Å²) >= 11 is 0. The van der Waals surface area contributed by atoms with Gasteiger partial charge >= 0.3 is 0 Å². The van der Waals surface area contributed by atoms with Crippen LogP contribution in [0.25, 0.3) is 0 Å². The first-order valence-electron chi connectivity index (χ1n) is 7.72. The molecule has 0 amide bonds. The van der Waals surface area contributed by atoms with Crippen molar-refractivity contribution in [3.05, 3.63) is 18.2 Å². The molecule has 2 N–H and O–H groups in total. The summed E-state index contributed by atoms with van der Waals surface area (Å²) in [7, 11) is 0. The van der Waals surface area contributed by atoms with E-state index < -0.39 is 0 Å². The van der Waals surface area contributed by atoms with E-state index in [1.54, 1.807) is 0 Å². The Morgan fingerprint density at radius 2 is 2.00 bits per heavy atom. The Bertz CT molecular complexity index is 378. The Morgan fingerprint density at radius 1 is 1.21 bits per heavy atom. The Morgan fingerprint density at radius 3 is 2.74 bits per heavy atom. The summed E-state index contributed by atoms with van der Waals surface area (Å²) in [6.45, 7) is 6.59. The maximum atomic E-state index is 4.59. The first kappa shape index (κ1) is 14.2. The van der Waals surface area contributed by atoms with E-state index in [4.69, 9.17) is 0 Å². The van der Waals surface area contributed by atoms with Crippen LogP contribution in [-0.4, -0.2) is 18.1 Å². The predicted molar refractivity (Wildman–Crippen MR) is 82.6 cm³/mol. The van der Waals surface area contributed by atoms with E-state index in [0.29, 0.717) is 0 Å². The number of hydrogen-bond acceptors (Lipinski definition) is 3. The van der Waals surface area contributed by atoms with Gasteiger partial charge in [-0.3, -0.25) is 0 Å². The molecule has 0 bridgehead atoms. The summed E-state index contributed by atoms with van der Waals surface area (Å²) in [5, 5.41) is 6.83. The molecule has 1 heterocycles.